The molecule has 0 aromatic heterocycles. The van der Waals surface area contributed by atoms with E-state index in [0.717, 1.165) is 11.6 Å². The minimum Gasteiger partial charge on any atom is -0.204 e. The molecule has 0 heterocycles. The van der Waals surface area contributed by atoms with E-state index in [4.69, 9.17) is 0 Å². The lowest BCUT2D eigenvalue weighted by molar-refractivity contribution is 0.567. The van der Waals surface area contributed by atoms with E-state index in [1.54, 1.807) is 13.0 Å². The van der Waals surface area contributed by atoms with Crippen LogP contribution in [0.5, 0.6) is 0 Å². The molecule has 0 aromatic carbocycles. The van der Waals surface area contributed by atoms with Crippen molar-refractivity contribution >= 4 is 0 Å². The van der Waals surface area contributed by atoms with Crippen molar-refractivity contribution in [2.24, 2.45) is 0 Å². The molecule has 80 valence electrons. The van der Waals surface area contributed by atoms with Crippen LogP contribution in [0.2, 0.25) is 0 Å². The highest BCUT2D eigenvalue weighted by molar-refractivity contribution is 5.48. The van der Waals surface area contributed by atoms with Gasteiger partial charge in [-0.15, -0.1) is 0 Å². The number of halogens is 2. The molecule has 0 radical (unpaired) electrons. The molecule has 0 aromatic rings. The molecule has 0 rings (SSSR count). The van der Waals surface area contributed by atoms with Crippen LogP contribution in [0.15, 0.2) is 72.9 Å². The van der Waals surface area contributed by atoms with Gasteiger partial charge < -0.3 is 0 Å². The van der Waals surface area contributed by atoms with Gasteiger partial charge in [-0.05, 0) is 18.6 Å². The summed E-state index contributed by atoms with van der Waals surface area (Å²) >= 11 is 0. The summed E-state index contributed by atoms with van der Waals surface area (Å²) in [5.41, 5.74) is 0.995. The topological polar surface area (TPSA) is 0 Å². The summed E-state index contributed by atoms with van der Waals surface area (Å²) in [4.78, 5) is 0. The maximum absolute atomic E-state index is 13.2. The number of rotatable bonds is 5. The Hall–Kier alpha value is -1.70. The molecule has 2 heteroatoms. The molecule has 0 amide bonds. The molecule has 0 spiro atoms. The zero-order valence-corrected chi connectivity index (χ0v) is 8.82. The molecular weight excluding hydrogens is 194 g/mol. The molecule has 0 aliphatic rings. The molecular formula is C13H14F2. The standard InChI is InChI=1S/C13H14F2/c1-6-12(14)13(15)11(5)10(4)8-7-9(2)3/h6-8H,1-2,4-5H2,3H3/b8-7-,13-12-. The summed E-state index contributed by atoms with van der Waals surface area (Å²) in [6.07, 6.45) is 3.96. The highest BCUT2D eigenvalue weighted by Crippen LogP contribution is 2.23. The first-order valence-corrected chi connectivity index (χ1v) is 4.30. The molecule has 0 nitrogen and oxygen atoms in total. The van der Waals surface area contributed by atoms with Crippen LogP contribution >= 0.6 is 0 Å². The quantitative estimate of drug-likeness (QED) is 0.580. The Labute approximate surface area is 89.3 Å². The van der Waals surface area contributed by atoms with Gasteiger partial charge in [-0.25, -0.2) is 8.78 Å². The van der Waals surface area contributed by atoms with Gasteiger partial charge in [-0.3, -0.25) is 0 Å². The van der Waals surface area contributed by atoms with Crippen LogP contribution in [0.1, 0.15) is 6.92 Å². The maximum atomic E-state index is 13.2. The Balaban J connectivity index is 4.82. The van der Waals surface area contributed by atoms with E-state index in [0.29, 0.717) is 5.57 Å². The first kappa shape index (κ1) is 13.3. The highest BCUT2D eigenvalue weighted by atomic mass is 19.2. The Morgan fingerprint density at radius 1 is 1.07 bits per heavy atom. The number of allylic oxidation sites excluding steroid dienone is 8. The second-order valence-corrected chi connectivity index (χ2v) is 3.05. The summed E-state index contributed by atoms with van der Waals surface area (Å²) in [6.45, 7) is 15.5. The van der Waals surface area contributed by atoms with Crippen LogP contribution in [-0.4, -0.2) is 0 Å². The fraction of sp³-hybridized carbons (Fsp3) is 0.0769. The van der Waals surface area contributed by atoms with Crippen molar-refractivity contribution < 1.29 is 8.78 Å². The second kappa shape index (κ2) is 5.91. The van der Waals surface area contributed by atoms with Crippen LogP contribution in [0.4, 0.5) is 8.78 Å². The van der Waals surface area contributed by atoms with E-state index in [1.165, 1.54) is 6.08 Å². The van der Waals surface area contributed by atoms with Crippen molar-refractivity contribution in [2.45, 2.75) is 6.92 Å². The summed E-state index contributed by atoms with van der Waals surface area (Å²) in [5.74, 6) is -2.08. The van der Waals surface area contributed by atoms with E-state index >= 15 is 0 Å². The van der Waals surface area contributed by atoms with Crippen LogP contribution < -0.4 is 0 Å². The monoisotopic (exact) mass is 208 g/mol. The van der Waals surface area contributed by atoms with Crippen molar-refractivity contribution in [3.05, 3.63) is 72.9 Å². The smallest absolute Gasteiger partial charge is 0.165 e. The molecule has 0 N–H and O–H groups in total. The first-order valence-electron chi connectivity index (χ1n) is 4.30. The second-order valence-electron chi connectivity index (χ2n) is 3.05. The SMILES string of the molecule is C=C/C(F)=C(/F)C(=C)C(=C)/C=C\C(=C)C. The average molecular weight is 208 g/mol. The minimum atomic E-state index is -1.04. The van der Waals surface area contributed by atoms with Gasteiger partial charge in [0.15, 0.2) is 11.7 Å². The summed E-state index contributed by atoms with van der Waals surface area (Å²) in [7, 11) is 0. The molecule has 0 saturated carbocycles. The fourth-order valence-corrected chi connectivity index (χ4v) is 0.718. The zero-order chi connectivity index (χ0) is 12.0. The predicted octanol–water partition coefficient (Wildman–Crippen LogP) is 4.57. The van der Waals surface area contributed by atoms with Crippen LogP contribution in [-0.2, 0) is 0 Å². The molecule has 0 atom stereocenters. The molecule has 0 fully saturated rings. The lowest BCUT2D eigenvalue weighted by Gasteiger charge is -2.02. The van der Waals surface area contributed by atoms with Gasteiger partial charge in [0, 0.05) is 5.57 Å². The first-order chi connectivity index (χ1) is 6.90. The summed E-state index contributed by atoms with van der Waals surface area (Å²) in [6, 6.07) is 0. The van der Waals surface area contributed by atoms with Gasteiger partial charge in [0.25, 0.3) is 0 Å². The van der Waals surface area contributed by atoms with Gasteiger partial charge in [0.05, 0.1) is 0 Å². The maximum Gasteiger partial charge on any atom is 0.165 e. The molecule has 0 bridgehead atoms. The number of hydrogen-bond donors (Lipinski definition) is 0. The van der Waals surface area contributed by atoms with Crippen LogP contribution in [0.3, 0.4) is 0 Å². The normalized spacial score (nSPS) is 12.2. The van der Waals surface area contributed by atoms with Crippen molar-refractivity contribution in [1.82, 2.24) is 0 Å². The number of hydrogen-bond acceptors (Lipinski definition) is 0. The molecule has 0 aliphatic carbocycles. The van der Waals surface area contributed by atoms with E-state index in [1.807, 2.05) is 0 Å². The van der Waals surface area contributed by atoms with E-state index in [2.05, 4.69) is 26.3 Å². The van der Waals surface area contributed by atoms with Gasteiger partial charge in [-0.1, -0.05) is 44.0 Å². The van der Waals surface area contributed by atoms with Crippen molar-refractivity contribution in [3.8, 4) is 0 Å². The lowest BCUT2D eigenvalue weighted by Crippen LogP contribution is -1.87. The summed E-state index contributed by atoms with van der Waals surface area (Å²) < 4.78 is 26.0. The van der Waals surface area contributed by atoms with Crippen molar-refractivity contribution in [1.29, 1.82) is 0 Å². The highest BCUT2D eigenvalue weighted by Gasteiger charge is 2.08. The van der Waals surface area contributed by atoms with Gasteiger partial charge in [0.1, 0.15) is 0 Å². The Kier molecular flexibility index (Phi) is 5.24. The third-order valence-corrected chi connectivity index (χ3v) is 1.61. The Morgan fingerprint density at radius 3 is 2.00 bits per heavy atom. The predicted molar refractivity (Wildman–Crippen MR) is 61.7 cm³/mol. The van der Waals surface area contributed by atoms with Crippen LogP contribution in [0, 0.1) is 0 Å². The zero-order valence-electron chi connectivity index (χ0n) is 8.82. The Morgan fingerprint density at radius 2 is 1.60 bits per heavy atom. The summed E-state index contributed by atoms with van der Waals surface area (Å²) in [5, 5.41) is 0. The molecule has 15 heavy (non-hydrogen) atoms. The van der Waals surface area contributed by atoms with E-state index in [-0.39, 0.29) is 5.57 Å². The molecule has 0 unspecified atom stereocenters. The molecule has 0 aliphatic heterocycles. The van der Waals surface area contributed by atoms with Crippen molar-refractivity contribution in [3.63, 3.8) is 0 Å². The van der Waals surface area contributed by atoms with Crippen molar-refractivity contribution in [2.75, 3.05) is 0 Å². The van der Waals surface area contributed by atoms with E-state index in [9.17, 15) is 8.78 Å². The van der Waals surface area contributed by atoms with E-state index < -0.39 is 11.7 Å². The third kappa shape index (κ3) is 4.36. The van der Waals surface area contributed by atoms with Gasteiger partial charge >= 0.3 is 0 Å². The lowest BCUT2D eigenvalue weighted by atomic mass is 10.1. The van der Waals surface area contributed by atoms with Gasteiger partial charge in [0.2, 0.25) is 0 Å². The Bertz CT molecular complexity index is 368. The van der Waals surface area contributed by atoms with Crippen LogP contribution in [0.25, 0.3) is 0 Å². The minimum absolute atomic E-state index is 0.0927. The third-order valence-electron chi connectivity index (χ3n) is 1.61. The largest absolute Gasteiger partial charge is 0.204 e. The fourth-order valence-electron chi connectivity index (χ4n) is 0.718. The molecule has 0 saturated heterocycles. The average Bonchev–Trinajstić information content (AvgIpc) is 2.22. The van der Waals surface area contributed by atoms with Gasteiger partial charge in [-0.2, -0.15) is 0 Å².